The highest BCUT2D eigenvalue weighted by Crippen LogP contribution is 2.35. The molecule has 0 aliphatic carbocycles. The molecule has 1 unspecified atom stereocenters. The third kappa shape index (κ3) is 2.54. The highest BCUT2D eigenvalue weighted by molar-refractivity contribution is 6.04. The van der Waals surface area contributed by atoms with E-state index in [1.807, 2.05) is 37.3 Å². The Bertz CT molecular complexity index is 703. The number of fused-ring (bicyclic) bond motifs is 1. The van der Waals surface area contributed by atoms with Crippen LogP contribution < -0.4 is 10.2 Å². The molecular weight excluding hydrogens is 286 g/mol. The lowest BCUT2D eigenvalue weighted by molar-refractivity contribution is -0.119. The van der Waals surface area contributed by atoms with Gasteiger partial charge in [-0.25, -0.2) is 8.78 Å². The second-order valence-electron chi connectivity index (χ2n) is 5.30. The van der Waals surface area contributed by atoms with Crippen molar-refractivity contribution in [2.24, 2.45) is 0 Å². The van der Waals surface area contributed by atoms with E-state index in [1.54, 1.807) is 0 Å². The smallest absolute Gasteiger partial charge is 0.249 e. The van der Waals surface area contributed by atoms with Gasteiger partial charge < -0.3 is 10.2 Å². The first-order chi connectivity index (χ1) is 10.6. The van der Waals surface area contributed by atoms with Crippen LogP contribution in [0.3, 0.4) is 0 Å². The van der Waals surface area contributed by atoms with E-state index in [0.29, 0.717) is 24.3 Å². The van der Waals surface area contributed by atoms with E-state index in [0.717, 1.165) is 17.7 Å². The van der Waals surface area contributed by atoms with Crippen molar-refractivity contribution in [3.05, 3.63) is 59.7 Å². The lowest BCUT2D eigenvalue weighted by Gasteiger charge is -2.35. The topological polar surface area (TPSA) is 32.3 Å². The Morgan fingerprint density at radius 2 is 1.82 bits per heavy atom. The van der Waals surface area contributed by atoms with Crippen LogP contribution in [0.15, 0.2) is 42.5 Å². The average molecular weight is 302 g/mol. The third-order valence-electron chi connectivity index (χ3n) is 3.82. The molecule has 1 aliphatic heterocycles. The van der Waals surface area contributed by atoms with E-state index in [4.69, 9.17) is 0 Å². The molecule has 0 fully saturated rings. The van der Waals surface area contributed by atoms with Crippen LogP contribution in [0.1, 0.15) is 18.9 Å². The standard InChI is InChI=1S/C17H16F2N2O/c1-2-14-17(22)21(10-11-6-4-3-5-7-11)16-9-13(19)12(18)8-15(16)20-14/h3-9,14,20H,2,10H2,1H3. The van der Waals surface area contributed by atoms with E-state index in [-0.39, 0.29) is 5.91 Å². The summed E-state index contributed by atoms with van der Waals surface area (Å²) in [5.41, 5.74) is 1.75. The number of carbonyl (C=O) groups excluding carboxylic acids is 1. The molecule has 0 radical (unpaired) electrons. The Labute approximate surface area is 127 Å². The summed E-state index contributed by atoms with van der Waals surface area (Å²) in [5, 5.41) is 2.98. The van der Waals surface area contributed by atoms with Gasteiger partial charge in [-0.3, -0.25) is 4.79 Å². The fourth-order valence-electron chi connectivity index (χ4n) is 2.64. The van der Waals surface area contributed by atoms with Crippen LogP contribution >= 0.6 is 0 Å². The van der Waals surface area contributed by atoms with Gasteiger partial charge in [-0.2, -0.15) is 0 Å². The number of rotatable bonds is 3. The van der Waals surface area contributed by atoms with Gasteiger partial charge in [0.1, 0.15) is 6.04 Å². The van der Waals surface area contributed by atoms with E-state index < -0.39 is 17.7 Å². The van der Waals surface area contributed by atoms with Crippen LogP contribution in [0.5, 0.6) is 0 Å². The van der Waals surface area contributed by atoms with Crippen molar-refractivity contribution in [3.8, 4) is 0 Å². The molecular formula is C17H16F2N2O. The van der Waals surface area contributed by atoms with Gasteiger partial charge in [-0.15, -0.1) is 0 Å². The molecule has 0 aromatic heterocycles. The summed E-state index contributed by atoms with van der Waals surface area (Å²) in [6.45, 7) is 2.21. The van der Waals surface area contributed by atoms with Crippen molar-refractivity contribution >= 4 is 17.3 Å². The number of halogens is 2. The molecule has 1 heterocycles. The molecule has 22 heavy (non-hydrogen) atoms. The van der Waals surface area contributed by atoms with Gasteiger partial charge in [0.05, 0.1) is 17.9 Å². The van der Waals surface area contributed by atoms with Crippen LogP contribution in [-0.2, 0) is 11.3 Å². The Morgan fingerprint density at radius 1 is 1.14 bits per heavy atom. The minimum Gasteiger partial charge on any atom is -0.372 e. The van der Waals surface area contributed by atoms with Gasteiger partial charge in [0.2, 0.25) is 5.91 Å². The zero-order valence-corrected chi connectivity index (χ0v) is 12.1. The number of amides is 1. The Balaban J connectivity index is 2.03. The predicted octanol–water partition coefficient (Wildman–Crippen LogP) is 3.70. The molecule has 0 saturated heterocycles. The molecule has 1 N–H and O–H groups in total. The highest BCUT2D eigenvalue weighted by Gasteiger charge is 2.32. The number of hydrogen-bond donors (Lipinski definition) is 1. The van der Waals surface area contributed by atoms with Crippen molar-refractivity contribution in [1.82, 2.24) is 0 Å². The summed E-state index contributed by atoms with van der Waals surface area (Å²) < 4.78 is 27.1. The second-order valence-corrected chi connectivity index (χ2v) is 5.30. The summed E-state index contributed by atoms with van der Waals surface area (Å²) in [7, 11) is 0. The van der Waals surface area contributed by atoms with Gasteiger partial charge in [0, 0.05) is 12.1 Å². The SMILES string of the molecule is CCC1Nc2cc(F)c(F)cc2N(Cc2ccccc2)C1=O. The highest BCUT2D eigenvalue weighted by atomic mass is 19.2. The number of carbonyl (C=O) groups is 1. The minimum absolute atomic E-state index is 0.134. The van der Waals surface area contributed by atoms with E-state index in [1.165, 1.54) is 4.90 Å². The fraction of sp³-hybridized carbons (Fsp3) is 0.235. The maximum Gasteiger partial charge on any atom is 0.249 e. The first-order valence-electron chi connectivity index (χ1n) is 7.21. The molecule has 0 bridgehead atoms. The molecule has 1 atom stereocenters. The monoisotopic (exact) mass is 302 g/mol. The van der Waals surface area contributed by atoms with Gasteiger partial charge in [-0.05, 0) is 12.0 Å². The molecule has 0 spiro atoms. The maximum atomic E-state index is 13.6. The van der Waals surface area contributed by atoms with Crippen LogP contribution in [0.4, 0.5) is 20.2 Å². The summed E-state index contributed by atoms with van der Waals surface area (Å²) >= 11 is 0. The van der Waals surface area contributed by atoms with E-state index >= 15 is 0 Å². The molecule has 114 valence electrons. The normalized spacial score (nSPS) is 17.1. The molecule has 1 aliphatic rings. The largest absolute Gasteiger partial charge is 0.372 e. The summed E-state index contributed by atoms with van der Waals surface area (Å²) in [5.74, 6) is -2.01. The van der Waals surface area contributed by atoms with Gasteiger partial charge in [0.15, 0.2) is 11.6 Å². The van der Waals surface area contributed by atoms with Gasteiger partial charge >= 0.3 is 0 Å². The number of benzene rings is 2. The molecule has 0 saturated carbocycles. The summed E-state index contributed by atoms with van der Waals surface area (Å²) in [6.07, 6.45) is 0.572. The number of anilines is 2. The molecule has 5 heteroatoms. The van der Waals surface area contributed by atoms with Crippen LogP contribution in [0.25, 0.3) is 0 Å². The van der Waals surface area contributed by atoms with Gasteiger partial charge in [-0.1, -0.05) is 37.3 Å². The summed E-state index contributed by atoms with van der Waals surface area (Å²) in [6, 6.07) is 11.2. The third-order valence-corrected chi connectivity index (χ3v) is 3.82. The van der Waals surface area contributed by atoms with Crippen molar-refractivity contribution < 1.29 is 13.6 Å². The molecule has 2 aromatic rings. The summed E-state index contributed by atoms with van der Waals surface area (Å²) in [4.78, 5) is 14.1. The first kappa shape index (κ1) is 14.5. The van der Waals surface area contributed by atoms with E-state index in [9.17, 15) is 13.6 Å². The van der Waals surface area contributed by atoms with Crippen LogP contribution in [-0.4, -0.2) is 11.9 Å². The zero-order valence-electron chi connectivity index (χ0n) is 12.1. The quantitative estimate of drug-likeness (QED) is 0.937. The lowest BCUT2D eigenvalue weighted by atomic mass is 10.1. The Hall–Kier alpha value is -2.43. The Kier molecular flexibility index (Phi) is 3.79. The molecule has 2 aromatic carbocycles. The Morgan fingerprint density at radius 3 is 2.50 bits per heavy atom. The molecule has 1 amide bonds. The van der Waals surface area contributed by atoms with Crippen molar-refractivity contribution in [1.29, 1.82) is 0 Å². The van der Waals surface area contributed by atoms with Crippen molar-refractivity contribution in [3.63, 3.8) is 0 Å². The van der Waals surface area contributed by atoms with Crippen LogP contribution in [0, 0.1) is 11.6 Å². The predicted molar refractivity (Wildman–Crippen MR) is 81.7 cm³/mol. The average Bonchev–Trinajstić information content (AvgIpc) is 2.53. The molecule has 3 rings (SSSR count). The first-order valence-corrected chi connectivity index (χ1v) is 7.21. The van der Waals surface area contributed by atoms with Crippen molar-refractivity contribution in [2.45, 2.75) is 25.9 Å². The second kappa shape index (κ2) is 5.75. The number of nitrogens with zero attached hydrogens (tertiary/aromatic N) is 1. The van der Waals surface area contributed by atoms with E-state index in [2.05, 4.69) is 5.32 Å². The minimum atomic E-state index is -0.957. The fourth-order valence-corrected chi connectivity index (χ4v) is 2.64. The maximum absolute atomic E-state index is 13.6. The van der Waals surface area contributed by atoms with Crippen molar-refractivity contribution in [2.75, 3.05) is 10.2 Å². The number of nitrogens with one attached hydrogen (secondary N) is 1. The lowest BCUT2D eigenvalue weighted by Crippen LogP contribution is -2.46. The zero-order chi connectivity index (χ0) is 15.7. The van der Waals surface area contributed by atoms with Gasteiger partial charge in [0.25, 0.3) is 0 Å². The number of hydrogen-bond acceptors (Lipinski definition) is 2. The molecule has 3 nitrogen and oxygen atoms in total. The van der Waals surface area contributed by atoms with Crippen LogP contribution in [0.2, 0.25) is 0 Å².